The van der Waals surface area contributed by atoms with Crippen molar-refractivity contribution < 1.29 is 4.39 Å². The molecule has 0 N–H and O–H groups in total. The van der Waals surface area contributed by atoms with E-state index in [0.29, 0.717) is 11.3 Å². The van der Waals surface area contributed by atoms with Crippen molar-refractivity contribution in [3.63, 3.8) is 0 Å². The summed E-state index contributed by atoms with van der Waals surface area (Å²) in [6.07, 6.45) is 7.71. The smallest absolute Gasteiger partial charge is 0.268 e. The first-order chi connectivity index (χ1) is 9.18. The van der Waals surface area contributed by atoms with Gasteiger partial charge in [-0.25, -0.2) is 9.37 Å². The van der Waals surface area contributed by atoms with Crippen molar-refractivity contribution in [2.24, 2.45) is 0 Å². The molecule has 19 heavy (non-hydrogen) atoms. The molecule has 4 heteroatoms. The molecule has 3 nitrogen and oxygen atoms in total. The first-order valence-electron chi connectivity index (χ1n) is 6.23. The maximum atomic E-state index is 13.8. The zero-order chi connectivity index (χ0) is 13.4. The number of hydrogen-bond acceptors (Lipinski definition) is 2. The van der Waals surface area contributed by atoms with Crippen LogP contribution in [0.25, 0.3) is 16.6 Å². The number of rotatable bonds is 1. The number of hydrogen-bond donors (Lipinski definition) is 0. The van der Waals surface area contributed by atoms with E-state index in [2.05, 4.69) is 4.98 Å². The fourth-order valence-corrected chi connectivity index (χ4v) is 2.37. The van der Waals surface area contributed by atoms with Gasteiger partial charge in [-0.2, -0.15) is 0 Å². The molecule has 1 aliphatic carbocycles. The normalized spacial score (nSPS) is 14.7. The molecule has 0 aliphatic heterocycles. The average Bonchev–Trinajstić information content (AvgIpc) is 2.39. The molecule has 0 saturated heterocycles. The summed E-state index contributed by atoms with van der Waals surface area (Å²) in [6, 6.07) is 4.51. The third-order valence-electron chi connectivity index (χ3n) is 3.25. The van der Waals surface area contributed by atoms with Crippen molar-refractivity contribution >= 4 is 16.6 Å². The maximum absolute atomic E-state index is 13.8. The minimum absolute atomic E-state index is 0.0490. The second kappa shape index (κ2) is 4.46. The third kappa shape index (κ3) is 1.89. The van der Waals surface area contributed by atoms with Crippen LogP contribution in [0.4, 0.5) is 4.39 Å². The molecule has 0 bridgehead atoms. The predicted molar refractivity (Wildman–Crippen MR) is 73.3 cm³/mol. The Morgan fingerprint density at radius 2 is 2.16 bits per heavy atom. The summed E-state index contributed by atoms with van der Waals surface area (Å²) in [4.78, 5) is 16.8. The topological polar surface area (TPSA) is 34.9 Å². The van der Waals surface area contributed by atoms with Crippen molar-refractivity contribution in [2.75, 3.05) is 0 Å². The van der Waals surface area contributed by atoms with Crippen LogP contribution in [0.15, 0.2) is 41.2 Å². The van der Waals surface area contributed by atoms with Gasteiger partial charge in [0, 0.05) is 5.70 Å². The lowest BCUT2D eigenvalue weighted by Gasteiger charge is -2.14. The molecule has 3 rings (SSSR count). The Bertz CT molecular complexity index is 772. The lowest BCUT2D eigenvalue weighted by molar-refractivity contribution is 0.637. The fraction of sp³-hybridized carbons (Fsp3) is 0.200. The average molecular weight is 256 g/mol. The standard InChI is InChI=1S/C15H13FN2O/c1-10-17-13-9-5-8-12(16)14(13)15(19)18(10)11-6-3-2-4-7-11/h3,5-9H,2,4H2,1H3. The molecule has 0 amide bonds. The minimum atomic E-state index is -0.524. The molecule has 0 unspecified atom stereocenters. The van der Waals surface area contributed by atoms with E-state index < -0.39 is 5.82 Å². The number of halogens is 1. The first kappa shape index (κ1) is 11.8. The van der Waals surface area contributed by atoms with Gasteiger partial charge in [-0.1, -0.05) is 18.2 Å². The summed E-state index contributed by atoms with van der Waals surface area (Å²) < 4.78 is 15.3. The summed E-state index contributed by atoms with van der Waals surface area (Å²) in [5, 5.41) is 0.0490. The number of nitrogens with zero attached hydrogens (tertiary/aromatic N) is 2. The van der Waals surface area contributed by atoms with Crippen molar-refractivity contribution in [1.29, 1.82) is 0 Å². The van der Waals surface area contributed by atoms with Crippen LogP contribution in [0.1, 0.15) is 18.7 Å². The minimum Gasteiger partial charge on any atom is -0.268 e. The Kier molecular flexibility index (Phi) is 2.78. The molecule has 96 valence electrons. The fourth-order valence-electron chi connectivity index (χ4n) is 2.37. The van der Waals surface area contributed by atoms with Crippen LogP contribution in [-0.4, -0.2) is 9.55 Å². The quantitative estimate of drug-likeness (QED) is 0.786. The Morgan fingerprint density at radius 1 is 1.32 bits per heavy atom. The van der Waals surface area contributed by atoms with Crippen LogP contribution in [0.5, 0.6) is 0 Å². The highest BCUT2D eigenvalue weighted by atomic mass is 19.1. The lowest BCUT2D eigenvalue weighted by atomic mass is 10.1. The second-order valence-corrected chi connectivity index (χ2v) is 4.54. The summed E-state index contributed by atoms with van der Waals surface area (Å²) in [6.45, 7) is 1.76. The van der Waals surface area contributed by atoms with Crippen molar-refractivity contribution in [1.82, 2.24) is 9.55 Å². The SMILES string of the molecule is Cc1nc2cccc(F)c2c(=O)n1C1=CCCC=C1. The first-order valence-corrected chi connectivity index (χ1v) is 6.23. The van der Waals surface area contributed by atoms with Crippen LogP contribution < -0.4 is 5.56 Å². The molecule has 0 spiro atoms. The van der Waals surface area contributed by atoms with Gasteiger partial charge < -0.3 is 0 Å². The van der Waals surface area contributed by atoms with Crippen LogP contribution in [0.3, 0.4) is 0 Å². The van der Waals surface area contributed by atoms with E-state index in [1.54, 1.807) is 19.1 Å². The zero-order valence-corrected chi connectivity index (χ0v) is 10.6. The van der Waals surface area contributed by atoms with E-state index in [1.165, 1.54) is 10.6 Å². The van der Waals surface area contributed by atoms with Gasteiger partial charge in [-0.05, 0) is 38.0 Å². The van der Waals surface area contributed by atoms with E-state index in [1.807, 2.05) is 18.2 Å². The van der Waals surface area contributed by atoms with Gasteiger partial charge in [-0.3, -0.25) is 9.36 Å². The number of aromatic nitrogens is 2. The summed E-state index contributed by atoms with van der Waals surface area (Å²) in [5.41, 5.74) is 0.823. The van der Waals surface area contributed by atoms with E-state index in [0.717, 1.165) is 18.5 Å². The van der Waals surface area contributed by atoms with Gasteiger partial charge in [-0.15, -0.1) is 0 Å². The zero-order valence-electron chi connectivity index (χ0n) is 10.6. The molecular formula is C15H13FN2O. The van der Waals surface area contributed by atoms with Gasteiger partial charge in [0.2, 0.25) is 0 Å². The Labute approximate surface area is 109 Å². The number of allylic oxidation sites excluding steroid dienone is 4. The Morgan fingerprint density at radius 3 is 2.89 bits per heavy atom. The Hall–Kier alpha value is -2.23. The summed E-state index contributed by atoms with van der Waals surface area (Å²) in [7, 11) is 0. The number of fused-ring (bicyclic) bond motifs is 1. The summed E-state index contributed by atoms with van der Waals surface area (Å²) in [5.74, 6) is 0.0463. The van der Waals surface area contributed by atoms with E-state index in [9.17, 15) is 9.18 Å². The molecule has 0 fully saturated rings. The molecule has 1 aliphatic rings. The van der Waals surface area contributed by atoms with E-state index in [-0.39, 0.29) is 10.9 Å². The maximum Gasteiger partial charge on any atom is 0.268 e. The Balaban J connectivity index is 2.37. The van der Waals surface area contributed by atoms with Crippen LogP contribution in [0, 0.1) is 12.7 Å². The van der Waals surface area contributed by atoms with Gasteiger partial charge in [0.1, 0.15) is 17.0 Å². The highest BCUT2D eigenvalue weighted by molar-refractivity contribution is 5.79. The van der Waals surface area contributed by atoms with Gasteiger partial charge in [0.05, 0.1) is 5.52 Å². The molecule has 0 saturated carbocycles. The van der Waals surface area contributed by atoms with E-state index in [4.69, 9.17) is 0 Å². The lowest BCUT2D eigenvalue weighted by Crippen LogP contribution is -2.24. The van der Waals surface area contributed by atoms with Gasteiger partial charge in [0.25, 0.3) is 5.56 Å². The van der Waals surface area contributed by atoms with Gasteiger partial charge in [0.15, 0.2) is 0 Å². The van der Waals surface area contributed by atoms with Crippen molar-refractivity contribution in [2.45, 2.75) is 19.8 Å². The molecular weight excluding hydrogens is 243 g/mol. The van der Waals surface area contributed by atoms with E-state index >= 15 is 0 Å². The van der Waals surface area contributed by atoms with Crippen molar-refractivity contribution in [3.8, 4) is 0 Å². The monoisotopic (exact) mass is 256 g/mol. The predicted octanol–water partition coefficient (Wildman–Crippen LogP) is 3.03. The van der Waals surface area contributed by atoms with Crippen LogP contribution in [-0.2, 0) is 0 Å². The van der Waals surface area contributed by atoms with Gasteiger partial charge >= 0.3 is 0 Å². The molecule has 2 aromatic rings. The van der Waals surface area contributed by atoms with Crippen LogP contribution in [0.2, 0.25) is 0 Å². The molecule has 1 aromatic carbocycles. The highest BCUT2D eigenvalue weighted by Gasteiger charge is 2.13. The number of benzene rings is 1. The molecule has 1 heterocycles. The molecule has 1 aromatic heterocycles. The number of aryl methyl sites for hydroxylation is 1. The molecule has 0 radical (unpaired) electrons. The third-order valence-corrected chi connectivity index (χ3v) is 3.25. The largest absolute Gasteiger partial charge is 0.268 e. The summed E-state index contributed by atoms with van der Waals surface area (Å²) >= 11 is 0. The van der Waals surface area contributed by atoms with Crippen molar-refractivity contribution in [3.05, 3.63) is 58.4 Å². The highest BCUT2D eigenvalue weighted by Crippen LogP contribution is 2.18. The molecule has 0 atom stereocenters. The van der Waals surface area contributed by atoms with Crippen LogP contribution >= 0.6 is 0 Å². The second-order valence-electron chi connectivity index (χ2n) is 4.54.